The molecule has 0 spiro atoms. The van der Waals surface area contributed by atoms with Gasteiger partial charge in [-0.25, -0.2) is 9.97 Å². The van der Waals surface area contributed by atoms with Gasteiger partial charge < -0.3 is 9.97 Å². The molecule has 0 fully saturated rings. The zero-order chi connectivity index (χ0) is 38.2. The Morgan fingerprint density at radius 2 is 0.526 bits per heavy atom. The number of H-pyrrole nitrogens is 2. The van der Waals surface area contributed by atoms with Crippen molar-refractivity contribution in [2.45, 2.75) is 0 Å². The second-order valence-corrected chi connectivity index (χ2v) is 13.8. The number of aromatic amines is 2. The molecule has 0 radical (unpaired) electrons. The van der Waals surface area contributed by atoms with Crippen LogP contribution in [0.15, 0.2) is 148 Å². The quantitative estimate of drug-likeness (QED) is 0.160. The number of nitrogens with zero attached hydrogens (tertiary/aromatic N) is 2. The fourth-order valence-corrected chi connectivity index (χ4v) is 7.56. The third-order valence-corrected chi connectivity index (χ3v) is 10.5. The number of nitrogens with one attached hydrogen (secondary N) is 2. The monoisotopic (exact) mass is 913 g/mol. The van der Waals surface area contributed by atoms with Crippen molar-refractivity contribution in [2.24, 2.45) is 0 Å². The first-order chi connectivity index (χ1) is 27.5. The smallest absolute Gasteiger partial charge is 0.0737 e. The van der Waals surface area contributed by atoms with E-state index in [0.717, 1.165) is 112 Å². The molecule has 5 heteroatoms. The van der Waals surface area contributed by atoms with Gasteiger partial charge in [0.1, 0.15) is 0 Å². The van der Waals surface area contributed by atoms with Crippen LogP contribution in [0.25, 0.3) is 115 Å². The van der Waals surface area contributed by atoms with Gasteiger partial charge in [-0.1, -0.05) is 148 Å². The molecule has 0 aliphatic carbocycles. The van der Waals surface area contributed by atoms with Crippen LogP contribution in [0, 0.1) is 0 Å². The van der Waals surface area contributed by atoms with Gasteiger partial charge in [0.2, 0.25) is 0 Å². The summed E-state index contributed by atoms with van der Waals surface area (Å²) in [5, 5.41) is 0. The van der Waals surface area contributed by atoms with Crippen LogP contribution in [0.1, 0.15) is 45.0 Å². The number of aromatic nitrogens is 4. The van der Waals surface area contributed by atoms with Crippen molar-refractivity contribution in [3.63, 3.8) is 0 Å². The van der Waals surface area contributed by atoms with Gasteiger partial charge in [-0.3, -0.25) is 0 Å². The van der Waals surface area contributed by atoms with Crippen LogP contribution in [-0.2, 0) is 21.1 Å². The molecule has 5 heterocycles. The van der Waals surface area contributed by atoms with Crippen molar-refractivity contribution < 1.29 is 21.1 Å². The summed E-state index contributed by atoms with van der Waals surface area (Å²) >= 11 is 0. The number of fused-ring (bicyclic) bond motifs is 8. The third-order valence-electron chi connectivity index (χ3n) is 10.5. The second-order valence-electron chi connectivity index (χ2n) is 13.8. The molecule has 0 amide bonds. The first-order valence-corrected chi connectivity index (χ1v) is 18.6. The van der Waals surface area contributed by atoms with Gasteiger partial charge in [0.15, 0.2) is 0 Å². The summed E-state index contributed by atoms with van der Waals surface area (Å²) in [6.07, 6.45) is 15.9. The molecule has 0 saturated heterocycles. The number of hydrogen-bond acceptors (Lipinski definition) is 2. The zero-order valence-corrected chi connectivity index (χ0v) is 33.5. The number of benzene rings is 4. The predicted molar refractivity (Wildman–Crippen MR) is 241 cm³/mol. The summed E-state index contributed by atoms with van der Waals surface area (Å²) in [6.45, 7) is 15.9. The first kappa shape index (κ1) is 37.1. The average Bonchev–Trinajstić information content (AvgIpc) is 4.10. The molecule has 7 aromatic rings. The summed E-state index contributed by atoms with van der Waals surface area (Å²) in [4.78, 5) is 18.5. The van der Waals surface area contributed by atoms with Gasteiger partial charge in [0, 0.05) is 65.4 Å². The Morgan fingerprint density at radius 3 is 0.719 bits per heavy atom. The Morgan fingerprint density at radius 1 is 0.316 bits per heavy atom. The Balaban J connectivity index is 0.00000455. The van der Waals surface area contributed by atoms with Crippen molar-refractivity contribution >= 4 is 70.7 Å². The van der Waals surface area contributed by atoms with Crippen molar-refractivity contribution in [1.29, 1.82) is 0 Å². The average molecular weight is 914 g/mol. The standard InChI is InChI=1S/C52H38N4.Pt/c1-5-33-9-17-37(18-10-33)49-41-25-27-43(53-41)50(38-19-11-34(6-2)12-20-38)45-29-31-47(55-45)52(40-23-15-36(8-4)16-24-40)48-32-30-46(56-48)51(44-28-26-42(49)54-44)39-21-13-35(7-3)14-22-39;/h5-32,53,56H,1-4H2;. The molecule has 2 aliphatic heterocycles. The van der Waals surface area contributed by atoms with Crippen LogP contribution in [0.3, 0.4) is 0 Å². The molecule has 3 aromatic heterocycles. The largest absolute Gasteiger partial charge is 0.354 e. The van der Waals surface area contributed by atoms with Crippen molar-refractivity contribution in [1.82, 2.24) is 19.9 Å². The van der Waals surface area contributed by atoms with Crippen LogP contribution in [-0.4, -0.2) is 19.9 Å². The Kier molecular flexibility index (Phi) is 10.2. The summed E-state index contributed by atoms with van der Waals surface area (Å²) in [6, 6.07) is 42.4. The Labute approximate surface area is 347 Å². The topological polar surface area (TPSA) is 57.4 Å². The van der Waals surface area contributed by atoms with Crippen LogP contribution < -0.4 is 0 Å². The van der Waals surface area contributed by atoms with Crippen molar-refractivity contribution in [2.75, 3.05) is 0 Å². The van der Waals surface area contributed by atoms with Crippen LogP contribution in [0.2, 0.25) is 0 Å². The molecule has 2 N–H and O–H groups in total. The van der Waals surface area contributed by atoms with Gasteiger partial charge in [-0.05, 0) is 93.1 Å². The molecule has 276 valence electrons. The maximum Gasteiger partial charge on any atom is 0.0737 e. The van der Waals surface area contributed by atoms with Gasteiger partial charge in [0.05, 0.1) is 22.8 Å². The molecule has 8 bridgehead atoms. The van der Waals surface area contributed by atoms with Crippen LogP contribution >= 0.6 is 0 Å². The molecule has 2 aliphatic rings. The first-order valence-electron chi connectivity index (χ1n) is 18.6. The number of rotatable bonds is 8. The van der Waals surface area contributed by atoms with E-state index in [1.807, 2.05) is 24.3 Å². The van der Waals surface area contributed by atoms with Gasteiger partial charge in [-0.15, -0.1) is 0 Å². The van der Waals surface area contributed by atoms with E-state index in [9.17, 15) is 0 Å². The van der Waals surface area contributed by atoms with E-state index in [2.05, 4.69) is 182 Å². The molecule has 57 heavy (non-hydrogen) atoms. The fraction of sp³-hybridized carbons (Fsp3) is 0. The fourth-order valence-electron chi connectivity index (χ4n) is 7.56. The minimum absolute atomic E-state index is 0. The van der Waals surface area contributed by atoms with E-state index >= 15 is 0 Å². The van der Waals surface area contributed by atoms with Gasteiger partial charge in [0.25, 0.3) is 0 Å². The second kappa shape index (κ2) is 15.7. The normalized spacial score (nSPS) is 11.5. The molecule has 0 atom stereocenters. The molecule has 0 saturated carbocycles. The van der Waals surface area contributed by atoms with Crippen molar-refractivity contribution in [3.05, 3.63) is 193 Å². The minimum atomic E-state index is 0. The molecule has 4 nitrogen and oxygen atoms in total. The summed E-state index contributed by atoms with van der Waals surface area (Å²) in [5.74, 6) is 0. The van der Waals surface area contributed by atoms with E-state index in [-0.39, 0.29) is 21.1 Å². The molecular formula is C52H38N4Pt. The summed E-state index contributed by atoms with van der Waals surface area (Å²) < 4.78 is 0. The van der Waals surface area contributed by atoms with E-state index in [4.69, 9.17) is 9.97 Å². The minimum Gasteiger partial charge on any atom is -0.354 e. The molecular weight excluding hydrogens is 876 g/mol. The molecule has 9 rings (SSSR count). The van der Waals surface area contributed by atoms with E-state index < -0.39 is 0 Å². The van der Waals surface area contributed by atoms with Crippen LogP contribution in [0.5, 0.6) is 0 Å². The van der Waals surface area contributed by atoms with E-state index in [0.29, 0.717) is 0 Å². The summed E-state index contributed by atoms with van der Waals surface area (Å²) in [7, 11) is 0. The zero-order valence-electron chi connectivity index (χ0n) is 31.2. The maximum absolute atomic E-state index is 5.41. The predicted octanol–water partition coefficient (Wildman–Crippen LogP) is 13.9. The number of hydrogen-bond donors (Lipinski definition) is 2. The van der Waals surface area contributed by atoms with Crippen molar-refractivity contribution in [3.8, 4) is 44.5 Å². The molecule has 0 unspecified atom stereocenters. The third kappa shape index (κ3) is 6.97. The maximum atomic E-state index is 5.41. The SMILES string of the molecule is C=Cc1ccc(-c2c3nc(c(-c4ccc(C=C)cc4)c4ccc([nH]4)c(-c4ccc(C=C)cc4)c4nc(c(-c5ccc(C=C)cc5)c5ccc2[nH]5)C=C4)C=C3)cc1.[Pt]. The van der Waals surface area contributed by atoms with Gasteiger partial charge >= 0.3 is 0 Å². The van der Waals surface area contributed by atoms with Crippen LogP contribution in [0.4, 0.5) is 0 Å². The summed E-state index contributed by atoms with van der Waals surface area (Å²) in [5.41, 5.74) is 19.6. The Bertz CT molecular complexity index is 2540. The van der Waals surface area contributed by atoms with Gasteiger partial charge in [-0.2, -0.15) is 0 Å². The van der Waals surface area contributed by atoms with E-state index in [1.54, 1.807) is 0 Å². The molecule has 4 aromatic carbocycles. The van der Waals surface area contributed by atoms with E-state index in [1.165, 1.54) is 0 Å². The Hall–Kier alpha value is -6.87.